The number of likely N-dealkylation sites (N-methyl/N-ethyl adjacent to an activating group) is 1. The maximum atomic E-state index is 12.3. The predicted molar refractivity (Wildman–Crippen MR) is 96.8 cm³/mol. The molecule has 0 spiro atoms. The Morgan fingerprint density at radius 1 is 1.16 bits per heavy atom. The lowest BCUT2D eigenvalue weighted by atomic mass is 10.2. The highest BCUT2D eigenvalue weighted by atomic mass is 35.5. The Bertz CT molecular complexity index is 817. The Hall–Kier alpha value is -1.61. The van der Waals surface area contributed by atoms with Crippen LogP contribution in [0, 0.1) is 6.92 Å². The van der Waals surface area contributed by atoms with E-state index in [-0.39, 0.29) is 24.0 Å². The highest BCUT2D eigenvalue weighted by Gasteiger charge is 2.25. The van der Waals surface area contributed by atoms with E-state index in [1.807, 2.05) is 31.2 Å². The Balaban J connectivity index is 1.76. The smallest absolute Gasteiger partial charge is 0.321 e. The molecule has 0 radical (unpaired) electrons. The van der Waals surface area contributed by atoms with E-state index < -0.39 is 16.0 Å². The van der Waals surface area contributed by atoms with Crippen molar-refractivity contribution in [3.63, 3.8) is 0 Å². The summed E-state index contributed by atoms with van der Waals surface area (Å²) in [5.74, 6) is 0.0251. The largest absolute Gasteiger partial charge is 0.490 e. The zero-order chi connectivity index (χ0) is 18.4. The highest BCUT2D eigenvalue weighted by Crippen LogP contribution is 2.27. The predicted octanol–water partition coefficient (Wildman–Crippen LogP) is 2.95. The number of aryl methyl sites for hydroxylation is 1. The van der Waals surface area contributed by atoms with E-state index in [1.165, 1.54) is 19.2 Å². The molecule has 1 aromatic carbocycles. The fraction of sp³-hybridized carbons (Fsp3) is 0.312. The number of thiophene rings is 1. The molecule has 0 amide bonds. The van der Waals surface area contributed by atoms with E-state index in [4.69, 9.17) is 21.1 Å². The maximum absolute atomic E-state index is 12.3. The van der Waals surface area contributed by atoms with Gasteiger partial charge in [-0.15, -0.1) is 11.3 Å². The Morgan fingerprint density at radius 2 is 1.84 bits per heavy atom. The van der Waals surface area contributed by atoms with Gasteiger partial charge < -0.3 is 9.47 Å². The van der Waals surface area contributed by atoms with Gasteiger partial charge in [-0.2, -0.15) is 4.31 Å². The van der Waals surface area contributed by atoms with Crippen molar-refractivity contribution in [1.82, 2.24) is 4.31 Å². The van der Waals surface area contributed by atoms with E-state index in [2.05, 4.69) is 0 Å². The van der Waals surface area contributed by atoms with E-state index in [0.717, 1.165) is 21.2 Å². The standard InChI is InChI=1S/C16H18ClNO5S2/c1-12-3-5-13(6-4-12)22-9-10-23-15(19)11-18(2)25(20,21)16-8-7-14(17)24-16/h3-8H,9-11H2,1-2H3. The van der Waals surface area contributed by atoms with Gasteiger partial charge in [-0.3, -0.25) is 4.79 Å². The topological polar surface area (TPSA) is 72.9 Å². The first-order chi connectivity index (χ1) is 11.8. The van der Waals surface area contributed by atoms with Crippen molar-refractivity contribution in [1.29, 1.82) is 0 Å². The van der Waals surface area contributed by atoms with Crippen LogP contribution in [-0.4, -0.2) is 45.5 Å². The highest BCUT2D eigenvalue weighted by molar-refractivity contribution is 7.91. The number of nitrogens with zero attached hydrogens (tertiary/aromatic N) is 1. The first-order valence-electron chi connectivity index (χ1n) is 7.36. The second kappa shape index (κ2) is 8.66. The van der Waals surface area contributed by atoms with Crippen molar-refractivity contribution in [2.45, 2.75) is 11.1 Å². The van der Waals surface area contributed by atoms with Gasteiger partial charge in [0, 0.05) is 7.05 Å². The molecular weight excluding hydrogens is 386 g/mol. The van der Waals surface area contributed by atoms with Gasteiger partial charge >= 0.3 is 5.97 Å². The van der Waals surface area contributed by atoms with E-state index in [1.54, 1.807) is 0 Å². The molecule has 2 aromatic rings. The Kier molecular flexibility index (Phi) is 6.83. The number of hydrogen-bond acceptors (Lipinski definition) is 6. The van der Waals surface area contributed by atoms with E-state index >= 15 is 0 Å². The van der Waals surface area contributed by atoms with Gasteiger partial charge in [0.25, 0.3) is 10.0 Å². The monoisotopic (exact) mass is 403 g/mol. The van der Waals surface area contributed by atoms with Crippen molar-refractivity contribution in [2.75, 3.05) is 26.8 Å². The zero-order valence-electron chi connectivity index (χ0n) is 13.8. The van der Waals surface area contributed by atoms with Crippen LogP contribution >= 0.6 is 22.9 Å². The van der Waals surface area contributed by atoms with Crippen LogP contribution in [0.3, 0.4) is 0 Å². The van der Waals surface area contributed by atoms with Crippen LogP contribution in [0.15, 0.2) is 40.6 Å². The summed E-state index contributed by atoms with van der Waals surface area (Å²) in [6, 6.07) is 10.4. The van der Waals surface area contributed by atoms with Crippen molar-refractivity contribution in [2.24, 2.45) is 0 Å². The van der Waals surface area contributed by atoms with Gasteiger partial charge in [0.15, 0.2) is 0 Å². The normalized spacial score (nSPS) is 11.5. The van der Waals surface area contributed by atoms with Crippen LogP contribution in [-0.2, 0) is 19.6 Å². The molecule has 0 saturated carbocycles. The van der Waals surface area contributed by atoms with Crippen LogP contribution in [0.4, 0.5) is 0 Å². The zero-order valence-corrected chi connectivity index (χ0v) is 16.2. The molecule has 0 aliphatic rings. The summed E-state index contributed by atoms with van der Waals surface area (Å²) in [5.41, 5.74) is 1.12. The number of esters is 1. The quantitative estimate of drug-likeness (QED) is 0.500. The lowest BCUT2D eigenvalue weighted by Gasteiger charge is -2.15. The van der Waals surface area contributed by atoms with Crippen LogP contribution in [0.25, 0.3) is 0 Å². The van der Waals surface area contributed by atoms with Crippen LogP contribution in [0.5, 0.6) is 5.75 Å². The molecule has 0 aliphatic carbocycles. The molecule has 1 aromatic heterocycles. The summed E-state index contributed by atoms with van der Waals surface area (Å²) in [6.45, 7) is 1.81. The number of carbonyl (C=O) groups is 1. The van der Waals surface area contributed by atoms with Gasteiger partial charge in [-0.1, -0.05) is 29.3 Å². The molecule has 0 N–H and O–H groups in total. The van der Waals surface area contributed by atoms with Crippen LogP contribution in [0.2, 0.25) is 4.34 Å². The molecule has 2 rings (SSSR count). The Morgan fingerprint density at radius 3 is 2.44 bits per heavy atom. The number of ether oxygens (including phenoxy) is 2. The summed E-state index contributed by atoms with van der Waals surface area (Å²) in [7, 11) is -2.44. The number of benzene rings is 1. The molecule has 6 nitrogen and oxygen atoms in total. The molecule has 25 heavy (non-hydrogen) atoms. The average Bonchev–Trinajstić information content (AvgIpc) is 3.00. The SMILES string of the molecule is Cc1ccc(OCCOC(=O)CN(C)S(=O)(=O)c2ccc(Cl)s2)cc1. The van der Waals surface area contributed by atoms with Gasteiger partial charge in [0.1, 0.15) is 29.7 Å². The number of halogens is 1. The molecule has 0 saturated heterocycles. The lowest BCUT2D eigenvalue weighted by Crippen LogP contribution is -2.33. The molecule has 9 heteroatoms. The molecule has 0 unspecified atom stereocenters. The average molecular weight is 404 g/mol. The summed E-state index contributed by atoms with van der Waals surface area (Å²) >= 11 is 6.68. The van der Waals surface area contributed by atoms with Crippen molar-refractivity contribution in [3.8, 4) is 5.75 Å². The fourth-order valence-corrected chi connectivity index (χ4v) is 4.66. The maximum Gasteiger partial charge on any atom is 0.321 e. The molecule has 136 valence electrons. The summed E-state index contributed by atoms with van der Waals surface area (Å²) < 4.78 is 36.3. The third kappa shape index (κ3) is 5.71. The van der Waals surface area contributed by atoms with Gasteiger partial charge in [-0.05, 0) is 31.2 Å². The fourth-order valence-electron chi connectivity index (χ4n) is 1.85. The second-order valence-corrected chi connectivity index (χ2v) is 9.19. The number of sulfonamides is 1. The van der Waals surface area contributed by atoms with Gasteiger partial charge in [0.05, 0.1) is 4.34 Å². The minimum atomic E-state index is -3.76. The molecule has 0 bridgehead atoms. The summed E-state index contributed by atoms with van der Waals surface area (Å²) in [4.78, 5) is 11.8. The number of rotatable bonds is 8. The minimum absolute atomic E-state index is 0.0332. The van der Waals surface area contributed by atoms with Crippen LogP contribution < -0.4 is 4.74 Å². The van der Waals surface area contributed by atoms with Crippen molar-refractivity contribution in [3.05, 3.63) is 46.3 Å². The molecular formula is C16H18ClNO5S2. The van der Waals surface area contributed by atoms with Crippen molar-refractivity contribution >= 4 is 38.9 Å². The first kappa shape index (κ1) is 19.7. The third-order valence-corrected chi connectivity index (χ3v) is 6.70. The Labute approximate surface area is 156 Å². The summed E-state index contributed by atoms with van der Waals surface area (Å²) in [5, 5.41) is 0. The second-order valence-electron chi connectivity index (χ2n) is 5.20. The first-order valence-corrected chi connectivity index (χ1v) is 9.99. The summed E-state index contributed by atoms with van der Waals surface area (Å²) in [6.07, 6.45) is 0. The minimum Gasteiger partial charge on any atom is -0.490 e. The molecule has 0 aliphatic heterocycles. The lowest BCUT2D eigenvalue weighted by molar-refractivity contribution is -0.144. The molecule has 0 atom stereocenters. The van der Waals surface area contributed by atoms with Crippen molar-refractivity contribution < 1.29 is 22.7 Å². The van der Waals surface area contributed by atoms with E-state index in [0.29, 0.717) is 10.1 Å². The van der Waals surface area contributed by atoms with Crippen LogP contribution in [0.1, 0.15) is 5.56 Å². The third-order valence-electron chi connectivity index (χ3n) is 3.20. The molecule has 1 heterocycles. The number of hydrogen-bond donors (Lipinski definition) is 0. The van der Waals surface area contributed by atoms with E-state index in [9.17, 15) is 13.2 Å². The number of carbonyl (C=O) groups excluding carboxylic acids is 1. The molecule has 0 fully saturated rings. The van der Waals surface area contributed by atoms with Gasteiger partial charge in [-0.25, -0.2) is 8.42 Å². The van der Waals surface area contributed by atoms with Gasteiger partial charge in [0.2, 0.25) is 0 Å².